The first-order valence-electron chi connectivity index (χ1n) is 6.34. The second-order valence-electron chi connectivity index (χ2n) is 4.50. The molecule has 0 bridgehead atoms. The van der Waals surface area contributed by atoms with Crippen LogP contribution in [0.3, 0.4) is 0 Å². The number of nitrogens with zero attached hydrogens (tertiary/aromatic N) is 2. The first-order chi connectivity index (χ1) is 8.70. The Bertz CT molecular complexity index is 490. The van der Waals surface area contributed by atoms with Gasteiger partial charge in [-0.25, -0.2) is 0 Å². The van der Waals surface area contributed by atoms with Crippen molar-refractivity contribution in [3.05, 3.63) is 35.7 Å². The molecule has 4 heteroatoms. The summed E-state index contributed by atoms with van der Waals surface area (Å²) in [5, 5.41) is 7.35. The second-order valence-corrected chi connectivity index (χ2v) is 4.50. The van der Waals surface area contributed by atoms with Crippen LogP contribution >= 0.6 is 0 Å². The van der Waals surface area contributed by atoms with Crippen LogP contribution in [-0.2, 0) is 0 Å². The van der Waals surface area contributed by atoms with E-state index in [0.717, 1.165) is 18.5 Å². The van der Waals surface area contributed by atoms with Crippen molar-refractivity contribution in [1.29, 1.82) is 0 Å². The van der Waals surface area contributed by atoms with Crippen molar-refractivity contribution < 1.29 is 4.52 Å². The van der Waals surface area contributed by atoms with E-state index in [1.54, 1.807) is 0 Å². The highest BCUT2D eigenvalue weighted by Crippen LogP contribution is 2.18. The zero-order valence-corrected chi connectivity index (χ0v) is 11.1. The molecule has 1 atom stereocenters. The van der Waals surface area contributed by atoms with Crippen LogP contribution in [0.2, 0.25) is 0 Å². The van der Waals surface area contributed by atoms with Gasteiger partial charge >= 0.3 is 0 Å². The van der Waals surface area contributed by atoms with E-state index in [4.69, 9.17) is 4.52 Å². The Labute approximate surface area is 107 Å². The van der Waals surface area contributed by atoms with Gasteiger partial charge in [0.1, 0.15) is 0 Å². The molecule has 1 aromatic carbocycles. The molecule has 1 aromatic heterocycles. The van der Waals surface area contributed by atoms with E-state index < -0.39 is 0 Å². The fourth-order valence-electron chi connectivity index (χ4n) is 1.68. The van der Waals surface area contributed by atoms with Gasteiger partial charge in [-0.05, 0) is 26.8 Å². The number of hydrogen-bond acceptors (Lipinski definition) is 4. The lowest BCUT2D eigenvalue weighted by molar-refractivity contribution is 0.340. The van der Waals surface area contributed by atoms with Crippen LogP contribution in [0.4, 0.5) is 0 Å². The summed E-state index contributed by atoms with van der Waals surface area (Å²) in [5.74, 6) is 1.29. The summed E-state index contributed by atoms with van der Waals surface area (Å²) in [6.45, 7) is 7.17. The van der Waals surface area contributed by atoms with Crippen molar-refractivity contribution in [3.63, 3.8) is 0 Å². The maximum Gasteiger partial charge on any atom is 0.243 e. The molecule has 0 aliphatic carbocycles. The van der Waals surface area contributed by atoms with E-state index >= 15 is 0 Å². The van der Waals surface area contributed by atoms with Crippen LogP contribution in [0.1, 0.15) is 37.8 Å². The van der Waals surface area contributed by atoms with Gasteiger partial charge in [0.05, 0.1) is 6.04 Å². The molecule has 0 saturated carbocycles. The van der Waals surface area contributed by atoms with E-state index in [1.807, 2.05) is 31.2 Å². The van der Waals surface area contributed by atoms with Crippen LogP contribution in [0.5, 0.6) is 0 Å². The minimum atomic E-state index is 0.0941. The topological polar surface area (TPSA) is 51.0 Å². The molecule has 1 unspecified atom stereocenters. The minimum Gasteiger partial charge on any atom is -0.337 e. The summed E-state index contributed by atoms with van der Waals surface area (Å²) in [4.78, 5) is 4.42. The normalized spacial score (nSPS) is 12.6. The summed E-state index contributed by atoms with van der Waals surface area (Å²) < 4.78 is 5.28. The fraction of sp³-hybridized carbons (Fsp3) is 0.429. The third kappa shape index (κ3) is 2.96. The van der Waals surface area contributed by atoms with Crippen molar-refractivity contribution in [1.82, 2.24) is 15.5 Å². The Balaban J connectivity index is 2.12. The number of aromatic nitrogens is 2. The molecule has 0 amide bonds. The van der Waals surface area contributed by atoms with Crippen molar-refractivity contribution >= 4 is 0 Å². The highest BCUT2D eigenvalue weighted by atomic mass is 16.5. The standard InChI is InChI=1S/C14H19N3O/c1-4-9-15-11(3)14-16-13(17-18-14)12-7-5-10(2)6-8-12/h5-8,11,15H,4,9H2,1-3H3. The molecule has 2 aromatic rings. The largest absolute Gasteiger partial charge is 0.337 e. The smallest absolute Gasteiger partial charge is 0.243 e. The first-order valence-corrected chi connectivity index (χ1v) is 6.34. The number of nitrogens with one attached hydrogen (secondary N) is 1. The summed E-state index contributed by atoms with van der Waals surface area (Å²) in [6, 6.07) is 8.20. The van der Waals surface area contributed by atoms with Crippen LogP contribution in [-0.4, -0.2) is 16.7 Å². The van der Waals surface area contributed by atoms with Gasteiger partial charge < -0.3 is 9.84 Å². The zero-order valence-electron chi connectivity index (χ0n) is 11.1. The van der Waals surface area contributed by atoms with E-state index in [-0.39, 0.29) is 6.04 Å². The van der Waals surface area contributed by atoms with Gasteiger partial charge in [0.25, 0.3) is 0 Å². The van der Waals surface area contributed by atoms with Crippen LogP contribution in [0.15, 0.2) is 28.8 Å². The maximum atomic E-state index is 5.28. The summed E-state index contributed by atoms with van der Waals surface area (Å²) in [7, 11) is 0. The van der Waals surface area contributed by atoms with E-state index in [1.165, 1.54) is 5.56 Å². The van der Waals surface area contributed by atoms with E-state index in [9.17, 15) is 0 Å². The van der Waals surface area contributed by atoms with Gasteiger partial charge in [-0.1, -0.05) is 41.9 Å². The molecule has 4 nitrogen and oxygen atoms in total. The molecular formula is C14H19N3O. The van der Waals surface area contributed by atoms with E-state index in [2.05, 4.69) is 29.3 Å². The van der Waals surface area contributed by atoms with Crippen molar-refractivity contribution in [2.45, 2.75) is 33.2 Å². The molecule has 1 heterocycles. The van der Waals surface area contributed by atoms with Crippen LogP contribution in [0.25, 0.3) is 11.4 Å². The number of rotatable bonds is 5. The molecule has 0 spiro atoms. The Kier molecular flexibility index (Phi) is 4.10. The molecular weight excluding hydrogens is 226 g/mol. The molecule has 2 rings (SSSR count). The average molecular weight is 245 g/mol. The second kappa shape index (κ2) is 5.78. The van der Waals surface area contributed by atoms with Gasteiger partial charge in [0, 0.05) is 5.56 Å². The number of hydrogen-bond donors (Lipinski definition) is 1. The first kappa shape index (κ1) is 12.8. The lowest BCUT2D eigenvalue weighted by Crippen LogP contribution is -2.19. The highest BCUT2D eigenvalue weighted by Gasteiger charge is 2.14. The zero-order chi connectivity index (χ0) is 13.0. The van der Waals surface area contributed by atoms with Gasteiger partial charge in [-0.3, -0.25) is 0 Å². The lowest BCUT2D eigenvalue weighted by atomic mass is 10.1. The van der Waals surface area contributed by atoms with Crippen molar-refractivity contribution in [2.75, 3.05) is 6.54 Å². The third-order valence-corrected chi connectivity index (χ3v) is 2.82. The summed E-state index contributed by atoms with van der Waals surface area (Å²) in [6.07, 6.45) is 1.09. The molecule has 0 saturated heterocycles. The van der Waals surface area contributed by atoms with Gasteiger partial charge in [0.15, 0.2) is 0 Å². The minimum absolute atomic E-state index is 0.0941. The summed E-state index contributed by atoms with van der Waals surface area (Å²) >= 11 is 0. The van der Waals surface area contributed by atoms with Crippen molar-refractivity contribution in [3.8, 4) is 11.4 Å². The molecule has 1 N–H and O–H groups in total. The third-order valence-electron chi connectivity index (χ3n) is 2.82. The SMILES string of the molecule is CCCNC(C)c1nc(-c2ccc(C)cc2)no1. The van der Waals surface area contributed by atoms with Crippen LogP contribution < -0.4 is 5.32 Å². The quantitative estimate of drug-likeness (QED) is 0.879. The summed E-state index contributed by atoms with van der Waals surface area (Å²) in [5.41, 5.74) is 2.21. The Morgan fingerprint density at radius 3 is 2.67 bits per heavy atom. The molecule has 18 heavy (non-hydrogen) atoms. The fourth-order valence-corrected chi connectivity index (χ4v) is 1.68. The maximum absolute atomic E-state index is 5.28. The van der Waals surface area contributed by atoms with Crippen LogP contribution in [0, 0.1) is 6.92 Å². The molecule has 0 fully saturated rings. The Morgan fingerprint density at radius 2 is 2.00 bits per heavy atom. The van der Waals surface area contributed by atoms with Gasteiger partial charge in [-0.15, -0.1) is 0 Å². The lowest BCUT2D eigenvalue weighted by Gasteiger charge is -2.06. The highest BCUT2D eigenvalue weighted by molar-refractivity contribution is 5.54. The predicted octanol–water partition coefficient (Wildman–Crippen LogP) is 3.11. The Hall–Kier alpha value is -1.68. The van der Waals surface area contributed by atoms with Gasteiger partial charge in [-0.2, -0.15) is 4.98 Å². The molecule has 0 radical (unpaired) electrons. The average Bonchev–Trinajstić information content (AvgIpc) is 2.86. The molecule has 0 aliphatic heterocycles. The predicted molar refractivity (Wildman–Crippen MR) is 71.2 cm³/mol. The van der Waals surface area contributed by atoms with Crippen molar-refractivity contribution in [2.24, 2.45) is 0 Å². The molecule has 0 aliphatic rings. The van der Waals surface area contributed by atoms with E-state index in [0.29, 0.717) is 11.7 Å². The van der Waals surface area contributed by atoms with Gasteiger partial charge in [0.2, 0.25) is 11.7 Å². The number of benzene rings is 1. The monoisotopic (exact) mass is 245 g/mol. The molecule has 96 valence electrons. The Morgan fingerprint density at radius 1 is 1.28 bits per heavy atom. The number of aryl methyl sites for hydroxylation is 1.